The second-order valence-electron chi connectivity index (χ2n) is 13.4. The Morgan fingerprint density at radius 2 is 1.88 bits per heavy atom. The van der Waals surface area contributed by atoms with E-state index in [4.69, 9.17) is 14.5 Å². The van der Waals surface area contributed by atoms with Crippen molar-refractivity contribution in [1.29, 1.82) is 5.26 Å². The Balaban J connectivity index is 1.07. The highest BCUT2D eigenvalue weighted by Gasteiger charge is 2.47. The summed E-state index contributed by atoms with van der Waals surface area (Å²) in [6.07, 6.45) is 6.00. The van der Waals surface area contributed by atoms with Gasteiger partial charge in [0.25, 0.3) is 5.88 Å². The molecule has 14 heteroatoms. The zero-order chi connectivity index (χ0) is 35.2. The molecule has 260 valence electrons. The van der Waals surface area contributed by atoms with E-state index in [1.165, 1.54) is 31.4 Å². The molecule has 0 atom stereocenters. The van der Waals surface area contributed by atoms with E-state index in [1.54, 1.807) is 12.1 Å². The Labute approximate surface area is 284 Å². The second-order valence-corrected chi connectivity index (χ2v) is 13.4. The number of aromatic carboxylic acids is 1. The van der Waals surface area contributed by atoms with Crippen LogP contribution in [0.5, 0.6) is 17.4 Å². The number of imidazole rings is 1. The topological polar surface area (TPSA) is 123 Å². The molecule has 1 N–H and O–H groups in total. The molecule has 7 rings (SSSR count). The normalized spacial score (nSPS) is 17.3. The van der Waals surface area contributed by atoms with Crippen molar-refractivity contribution in [2.24, 2.45) is 10.8 Å². The molecule has 0 bridgehead atoms. The highest BCUT2D eigenvalue weighted by Crippen LogP contribution is 2.52. The van der Waals surface area contributed by atoms with Crippen molar-refractivity contribution in [2.75, 3.05) is 25.1 Å². The van der Waals surface area contributed by atoms with Gasteiger partial charge in [0.2, 0.25) is 5.95 Å². The minimum absolute atomic E-state index is 0.0329. The molecule has 0 unspecified atom stereocenters. The maximum absolute atomic E-state index is 15.1. The van der Waals surface area contributed by atoms with Gasteiger partial charge in [-0.3, -0.25) is 0 Å². The van der Waals surface area contributed by atoms with E-state index < -0.39 is 30.1 Å². The Hall–Kier alpha value is -5.32. The van der Waals surface area contributed by atoms with Crippen molar-refractivity contribution in [2.45, 2.75) is 58.3 Å². The fourth-order valence-electron chi connectivity index (χ4n) is 6.97. The van der Waals surface area contributed by atoms with Crippen LogP contribution in [0.15, 0.2) is 48.5 Å². The van der Waals surface area contributed by atoms with Crippen LogP contribution in [0.2, 0.25) is 0 Å². The fourth-order valence-corrected chi connectivity index (χ4v) is 6.97. The molecule has 50 heavy (non-hydrogen) atoms. The van der Waals surface area contributed by atoms with Crippen molar-refractivity contribution < 1.29 is 41.7 Å². The molecule has 1 saturated heterocycles. The van der Waals surface area contributed by atoms with Crippen LogP contribution in [0, 0.1) is 33.8 Å². The molecule has 1 aliphatic heterocycles. The number of hydrogen-bond acceptors (Lipinski definition) is 8. The minimum atomic E-state index is -3.10. The van der Waals surface area contributed by atoms with E-state index in [1.807, 2.05) is 6.08 Å². The summed E-state index contributed by atoms with van der Waals surface area (Å²) in [5, 5.41) is 19.0. The molecule has 2 aromatic carbocycles. The van der Waals surface area contributed by atoms with Gasteiger partial charge in [-0.05, 0) is 68.0 Å². The number of anilines is 1. The lowest BCUT2D eigenvalue weighted by atomic mass is 9.69. The van der Waals surface area contributed by atoms with E-state index in [-0.39, 0.29) is 45.8 Å². The van der Waals surface area contributed by atoms with Crippen LogP contribution in [-0.2, 0) is 13.2 Å². The first-order valence-corrected chi connectivity index (χ1v) is 16.2. The molecule has 2 aromatic heterocycles. The number of nitriles is 1. The van der Waals surface area contributed by atoms with Crippen molar-refractivity contribution in [3.63, 3.8) is 0 Å². The van der Waals surface area contributed by atoms with Crippen LogP contribution in [0.3, 0.4) is 0 Å². The van der Waals surface area contributed by atoms with Crippen LogP contribution >= 0.6 is 0 Å². The highest BCUT2D eigenvalue weighted by atomic mass is 19.3. The van der Waals surface area contributed by atoms with Crippen molar-refractivity contribution >= 4 is 28.5 Å². The van der Waals surface area contributed by atoms with Gasteiger partial charge < -0.3 is 28.8 Å². The Morgan fingerprint density at radius 1 is 1.08 bits per heavy atom. The number of alkyl halides is 2. The molecule has 10 nitrogen and oxygen atoms in total. The summed E-state index contributed by atoms with van der Waals surface area (Å²) < 4.78 is 73.0. The van der Waals surface area contributed by atoms with Gasteiger partial charge in [0, 0.05) is 54.6 Å². The van der Waals surface area contributed by atoms with E-state index in [2.05, 4.69) is 25.3 Å². The number of carbonyl (C=O) groups is 1. The van der Waals surface area contributed by atoms with E-state index in [9.17, 15) is 28.3 Å². The van der Waals surface area contributed by atoms with Gasteiger partial charge in [-0.25, -0.2) is 23.5 Å². The number of carboxylic acids is 1. The first-order chi connectivity index (χ1) is 24.0. The molecule has 3 heterocycles. The van der Waals surface area contributed by atoms with Gasteiger partial charge in [-0.2, -0.15) is 14.0 Å². The Morgan fingerprint density at radius 3 is 2.54 bits per heavy atom. The number of nitrogens with zero attached hydrogens (tertiary/aromatic N) is 5. The predicted octanol–water partition coefficient (Wildman–Crippen LogP) is 7.36. The predicted molar refractivity (Wildman–Crippen MR) is 173 cm³/mol. The van der Waals surface area contributed by atoms with Crippen LogP contribution < -0.4 is 19.1 Å². The highest BCUT2D eigenvalue weighted by molar-refractivity contribution is 5.93. The van der Waals surface area contributed by atoms with Gasteiger partial charge in [0.15, 0.2) is 11.6 Å². The van der Waals surface area contributed by atoms with Gasteiger partial charge in [0.05, 0.1) is 29.8 Å². The minimum Gasteiger partial charge on any atom is -0.497 e. The first-order valence-electron chi connectivity index (χ1n) is 16.2. The van der Waals surface area contributed by atoms with Gasteiger partial charge in [-0.15, -0.1) is 0 Å². The Kier molecular flexibility index (Phi) is 8.53. The van der Waals surface area contributed by atoms with Crippen LogP contribution in [0.4, 0.5) is 23.5 Å². The smallest absolute Gasteiger partial charge is 0.387 e. The summed E-state index contributed by atoms with van der Waals surface area (Å²) in [5.74, 6) is -2.54. The second kappa shape index (κ2) is 12.9. The number of aromatic nitrogens is 3. The molecule has 0 radical (unpaired) electrons. The molecule has 3 aliphatic rings. The standard InChI is InChI=1S/C36H33F4N5O5/c1-48-24-4-2-23(29(15-24)50-33(39)40)17-49-31-26(38)16-25(37)30(43-31)21-6-8-36(9-7-21)18-44(19-36)34-42-27-5-3-22(32(46)47)14-28(27)45(34)20-35(10-11-35)12-13-41/h2-6,14-16,33H,7-12,17-20H2,1H3,(H,46,47). The molecule has 2 fully saturated rings. The number of fused-ring (bicyclic) bond motifs is 1. The zero-order valence-corrected chi connectivity index (χ0v) is 27.1. The summed E-state index contributed by atoms with van der Waals surface area (Å²) in [5.41, 5.74) is 2.10. The van der Waals surface area contributed by atoms with Crippen molar-refractivity contribution in [3.8, 4) is 23.4 Å². The third-order valence-corrected chi connectivity index (χ3v) is 9.98. The fraction of sp³-hybridized carbons (Fsp3) is 0.389. The van der Waals surface area contributed by atoms with E-state index in [0.29, 0.717) is 62.5 Å². The van der Waals surface area contributed by atoms with Crippen molar-refractivity contribution in [3.05, 3.63) is 77.0 Å². The Bertz CT molecular complexity index is 2050. The summed E-state index contributed by atoms with van der Waals surface area (Å²) in [6.45, 7) is -1.54. The summed E-state index contributed by atoms with van der Waals surface area (Å²) in [4.78, 5) is 22.9. The van der Waals surface area contributed by atoms with Crippen molar-refractivity contribution in [1.82, 2.24) is 14.5 Å². The maximum atomic E-state index is 15.1. The molecule has 4 aromatic rings. The van der Waals surface area contributed by atoms with Crippen LogP contribution in [-0.4, -0.2) is 52.4 Å². The average Bonchev–Trinajstić information content (AvgIpc) is 3.75. The average molecular weight is 692 g/mol. The van der Waals surface area contributed by atoms with Gasteiger partial charge in [-0.1, -0.05) is 6.08 Å². The van der Waals surface area contributed by atoms with Gasteiger partial charge >= 0.3 is 12.6 Å². The lowest BCUT2D eigenvalue weighted by molar-refractivity contribution is -0.0509. The van der Waals surface area contributed by atoms with Crippen LogP contribution in [0.1, 0.15) is 60.1 Å². The number of halogens is 4. The number of allylic oxidation sites excluding steroid dienone is 2. The number of rotatable bonds is 12. The lowest BCUT2D eigenvalue weighted by Gasteiger charge is -2.52. The quantitative estimate of drug-likeness (QED) is 0.152. The van der Waals surface area contributed by atoms with Gasteiger partial charge in [0.1, 0.15) is 23.8 Å². The van der Waals surface area contributed by atoms with E-state index in [0.717, 1.165) is 24.3 Å². The SMILES string of the molecule is COc1ccc(COc2nc(C3=CCC4(CC3)CN(c3nc5ccc(C(=O)O)cc5n3CC3(CC#N)CC3)C4)c(F)cc2F)c(OC(F)F)c1. The van der Waals surface area contributed by atoms with E-state index >= 15 is 4.39 Å². The number of hydrogen-bond donors (Lipinski definition) is 1. The summed E-state index contributed by atoms with van der Waals surface area (Å²) in [6, 6.07) is 12.1. The molecular formula is C36H33F4N5O5. The zero-order valence-electron chi connectivity index (χ0n) is 27.1. The molecule has 2 aliphatic carbocycles. The molecule has 0 amide bonds. The molecule has 1 spiro atoms. The summed E-state index contributed by atoms with van der Waals surface area (Å²) >= 11 is 0. The maximum Gasteiger partial charge on any atom is 0.387 e. The molecular weight excluding hydrogens is 658 g/mol. The lowest BCUT2D eigenvalue weighted by Crippen LogP contribution is -2.57. The number of benzene rings is 2. The first kappa shape index (κ1) is 33.2. The summed E-state index contributed by atoms with van der Waals surface area (Å²) in [7, 11) is 1.37. The molecule has 1 saturated carbocycles. The monoisotopic (exact) mass is 691 g/mol. The largest absolute Gasteiger partial charge is 0.497 e. The number of methoxy groups -OCH3 is 1. The van der Waals surface area contributed by atoms with Crippen LogP contribution in [0.25, 0.3) is 16.6 Å². The third kappa shape index (κ3) is 6.39. The number of ether oxygens (including phenoxy) is 3. The third-order valence-electron chi connectivity index (χ3n) is 9.98. The number of carboxylic acid groups (broad SMARTS) is 1. The number of pyridine rings is 1.